The number of carboxylic acids is 1. The van der Waals surface area contributed by atoms with Crippen LogP contribution in [0.4, 0.5) is 13.2 Å². The Kier molecular flexibility index (Phi) is 5.28. The van der Waals surface area contributed by atoms with Crippen molar-refractivity contribution < 1.29 is 37.3 Å². The maximum Gasteiger partial charge on any atom is 0.396 e. The molecule has 1 aromatic rings. The van der Waals surface area contributed by atoms with Gasteiger partial charge < -0.3 is 19.3 Å². The predicted octanol–water partition coefficient (Wildman–Crippen LogP) is 2.83. The Morgan fingerprint density at radius 3 is 1.90 bits per heavy atom. The zero-order valence-corrected chi connectivity index (χ0v) is 11.7. The number of rotatable bonds is 6. The topological polar surface area (TPSA) is 65.0 Å². The maximum absolute atomic E-state index is 13.0. The molecule has 1 rings (SSSR count). The Bertz CT molecular complexity index is 488. The van der Waals surface area contributed by atoms with Gasteiger partial charge in [-0.15, -0.1) is 0 Å². The molecule has 0 saturated heterocycles. The van der Waals surface area contributed by atoms with E-state index >= 15 is 0 Å². The average Bonchev–Trinajstić information content (AvgIpc) is 2.41. The summed E-state index contributed by atoms with van der Waals surface area (Å²) < 4.78 is 54.1. The van der Waals surface area contributed by atoms with Crippen molar-refractivity contribution in [3.05, 3.63) is 17.7 Å². The molecule has 0 aromatic heterocycles. The first-order chi connectivity index (χ1) is 9.74. The number of hydrogen-bond donors (Lipinski definition) is 1. The summed E-state index contributed by atoms with van der Waals surface area (Å²) in [5.41, 5.74) is -0.264. The third-order valence-corrected chi connectivity index (χ3v) is 2.86. The van der Waals surface area contributed by atoms with Crippen LogP contribution in [0.25, 0.3) is 0 Å². The second-order valence-corrected chi connectivity index (χ2v) is 4.15. The molecule has 0 fully saturated rings. The molecular weight excluding hydrogens is 293 g/mol. The van der Waals surface area contributed by atoms with Crippen LogP contribution in [-0.2, 0) is 4.79 Å². The lowest BCUT2D eigenvalue weighted by Gasteiger charge is -2.21. The van der Waals surface area contributed by atoms with Gasteiger partial charge in [-0.25, -0.2) is 0 Å². The molecular formula is C13H15F3O5. The summed E-state index contributed by atoms with van der Waals surface area (Å²) in [6, 6.07) is 2.20. The lowest BCUT2D eigenvalue weighted by Crippen LogP contribution is -2.23. The fourth-order valence-corrected chi connectivity index (χ4v) is 1.90. The number of ether oxygens (including phenoxy) is 3. The zero-order chi connectivity index (χ0) is 16.2. The van der Waals surface area contributed by atoms with E-state index in [1.54, 1.807) is 0 Å². The zero-order valence-electron chi connectivity index (χ0n) is 11.7. The molecule has 0 aliphatic carbocycles. The summed E-state index contributed by atoms with van der Waals surface area (Å²) in [6.07, 6.45) is -5.79. The van der Waals surface area contributed by atoms with Gasteiger partial charge in [0.05, 0.1) is 33.7 Å². The van der Waals surface area contributed by atoms with E-state index in [0.717, 1.165) is 12.1 Å². The van der Waals surface area contributed by atoms with E-state index < -0.39 is 24.5 Å². The molecule has 118 valence electrons. The molecule has 0 spiro atoms. The number of halogens is 3. The number of aliphatic carboxylic acids is 1. The van der Waals surface area contributed by atoms with Gasteiger partial charge in [-0.3, -0.25) is 4.79 Å². The number of carboxylic acid groups (broad SMARTS) is 1. The first-order valence-electron chi connectivity index (χ1n) is 5.83. The molecule has 0 radical (unpaired) electrons. The van der Waals surface area contributed by atoms with Gasteiger partial charge in [-0.05, 0) is 17.7 Å². The van der Waals surface area contributed by atoms with Crippen LogP contribution in [0, 0.1) is 0 Å². The first kappa shape index (κ1) is 16.9. The van der Waals surface area contributed by atoms with E-state index in [4.69, 9.17) is 19.3 Å². The Morgan fingerprint density at radius 1 is 1.14 bits per heavy atom. The van der Waals surface area contributed by atoms with Crippen LogP contribution in [0.2, 0.25) is 0 Å². The summed E-state index contributed by atoms with van der Waals surface area (Å²) in [5, 5.41) is 8.68. The van der Waals surface area contributed by atoms with E-state index in [9.17, 15) is 18.0 Å². The van der Waals surface area contributed by atoms with Gasteiger partial charge >= 0.3 is 12.1 Å². The van der Waals surface area contributed by atoms with Gasteiger partial charge in [0.1, 0.15) is 0 Å². The highest BCUT2D eigenvalue weighted by molar-refractivity contribution is 5.68. The summed E-state index contributed by atoms with van der Waals surface area (Å²) in [5.74, 6) is -3.51. The van der Waals surface area contributed by atoms with E-state index in [0.29, 0.717) is 0 Å². The summed E-state index contributed by atoms with van der Waals surface area (Å²) in [4.78, 5) is 10.7. The molecule has 0 bridgehead atoms. The highest BCUT2D eigenvalue weighted by Gasteiger charge is 2.42. The van der Waals surface area contributed by atoms with Gasteiger partial charge in [0, 0.05) is 0 Å². The minimum absolute atomic E-state index is 0.0338. The summed E-state index contributed by atoms with van der Waals surface area (Å²) in [7, 11) is 3.85. The van der Waals surface area contributed by atoms with Crippen molar-refractivity contribution in [1.29, 1.82) is 0 Å². The lowest BCUT2D eigenvalue weighted by atomic mass is 9.94. The highest BCUT2D eigenvalue weighted by atomic mass is 19.4. The van der Waals surface area contributed by atoms with Crippen molar-refractivity contribution in [2.75, 3.05) is 21.3 Å². The van der Waals surface area contributed by atoms with Crippen molar-refractivity contribution in [2.24, 2.45) is 0 Å². The van der Waals surface area contributed by atoms with Crippen molar-refractivity contribution in [1.82, 2.24) is 0 Å². The molecule has 0 amide bonds. The van der Waals surface area contributed by atoms with Crippen molar-refractivity contribution in [3.8, 4) is 17.2 Å². The van der Waals surface area contributed by atoms with Crippen molar-refractivity contribution >= 4 is 5.97 Å². The number of alkyl halides is 3. The molecule has 0 aliphatic rings. The number of benzene rings is 1. The van der Waals surface area contributed by atoms with Crippen molar-refractivity contribution in [3.63, 3.8) is 0 Å². The molecule has 5 nitrogen and oxygen atoms in total. The molecule has 1 unspecified atom stereocenters. The fourth-order valence-electron chi connectivity index (χ4n) is 1.90. The minimum atomic E-state index is -4.71. The molecule has 8 heteroatoms. The highest BCUT2D eigenvalue weighted by Crippen LogP contribution is 2.44. The standard InChI is InChI=1S/C13H15F3O5/c1-19-9-4-7(5-10(20-2)12(9)21-3)8(6-11(17)18)13(14,15)16/h4-5,8H,6H2,1-3H3,(H,17,18). The predicted molar refractivity (Wildman–Crippen MR) is 67.1 cm³/mol. The van der Waals surface area contributed by atoms with Crippen LogP contribution < -0.4 is 14.2 Å². The second kappa shape index (κ2) is 6.55. The molecule has 21 heavy (non-hydrogen) atoms. The molecule has 0 saturated carbocycles. The van der Waals surface area contributed by atoms with Gasteiger partial charge in [0.2, 0.25) is 5.75 Å². The molecule has 1 aromatic carbocycles. The molecule has 1 atom stereocenters. The van der Waals surface area contributed by atoms with Crippen molar-refractivity contribution in [2.45, 2.75) is 18.5 Å². The van der Waals surface area contributed by atoms with Gasteiger partial charge in [-0.1, -0.05) is 0 Å². The second-order valence-electron chi connectivity index (χ2n) is 4.15. The minimum Gasteiger partial charge on any atom is -0.493 e. The van der Waals surface area contributed by atoms with E-state index in [1.165, 1.54) is 21.3 Å². The lowest BCUT2D eigenvalue weighted by molar-refractivity contribution is -0.163. The van der Waals surface area contributed by atoms with Gasteiger partial charge in [0.25, 0.3) is 0 Å². The van der Waals surface area contributed by atoms with Crippen LogP contribution >= 0.6 is 0 Å². The SMILES string of the molecule is COc1cc(C(CC(=O)O)C(F)(F)F)cc(OC)c1OC. The number of carbonyl (C=O) groups is 1. The number of hydrogen-bond acceptors (Lipinski definition) is 4. The molecule has 1 N–H and O–H groups in total. The van der Waals surface area contributed by atoms with E-state index in [-0.39, 0.29) is 22.8 Å². The molecule has 0 heterocycles. The largest absolute Gasteiger partial charge is 0.493 e. The Labute approximate surface area is 119 Å². The maximum atomic E-state index is 13.0. The Balaban J connectivity index is 3.41. The Morgan fingerprint density at radius 2 is 1.62 bits per heavy atom. The Hall–Kier alpha value is -2.12. The van der Waals surface area contributed by atoms with E-state index in [1.807, 2.05) is 0 Å². The van der Waals surface area contributed by atoms with Crippen LogP contribution in [0.1, 0.15) is 17.9 Å². The fraction of sp³-hybridized carbons (Fsp3) is 0.462. The van der Waals surface area contributed by atoms with Crippen LogP contribution in [0.15, 0.2) is 12.1 Å². The summed E-state index contributed by atoms with van der Waals surface area (Å²) >= 11 is 0. The quantitative estimate of drug-likeness (QED) is 0.875. The summed E-state index contributed by atoms with van der Waals surface area (Å²) in [6.45, 7) is 0. The van der Waals surface area contributed by atoms with Gasteiger partial charge in [0.15, 0.2) is 11.5 Å². The number of methoxy groups -OCH3 is 3. The third kappa shape index (κ3) is 3.93. The normalized spacial score (nSPS) is 12.7. The average molecular weight is 308 g/mol. The van der Waals surface area contributed by atoms with E-state index in [2.05, 4.69) is 0 Å². The smallest absolute Gasteiger partial charge is 0.396 e. The van der Waals surface area contributed by atoms with Crippen LogP contribution in [-0.4, -0.2) is 38.6 Å². The van der Waals surface area contributed by atoms with Gasteiger partial charge in [-0.2, -0.15) is 13.2 Å². The monoisotopic (exact) mass is 308 g/mol. The first-order valence-corrected chi connectivity index (χ1v) is 5.83. The molecule has 0 aliphatic heterocycles. The van der Waals surface area contributed by atoms with Crippen LogP contribution in [0.5, 0.6) is 17.2 Å². The third-order valence-electron chi connectivity index (χ3n) is 2.86. The van der Waals surface area contributed by atoms with Crippen LogP contribution in [0.3, 0.4) is 0 Å².